The van der Waals surface area contributed by atoms with E-state index in [-0.39, 0.29) is 10.9 Å². The van der Waals surface area contributed by atoms with Crippen molar-refractivity contribution in [2.45, 2.75) is 31.7 Å². The highest BCUT2D eigenvalue weighted by molar-refractivity contribution is 7.89. The first-order valence-corrected chi connectivity index (χ1v) is 8.03. The Morgan fingerprint density at radius 3 is 2.25 bits per heavy atom. The van der Waals surface area contributed by atoms with Crippen LogP contribution in [0, 0.1) is 13.8 Å². The average molecular weight is 289 g/mol. The molecule has 0 aromatic heterocycles. The van der Waals surface area contributed by atoms with Gasteiger partial charge in [0.15, 0.2) is 0 Å². The standard InChI is InChI=1S/C16H19NO2S/c1-12-9-10-16(13(2)11-12)14(3)17-20(18,19)15-7-5-4-6-8-15/h4-11,14,17H,1-3H3/t14-/m1/s1. The Morgan fingerprint density at radius 2 is 1.65 bits per heavy atom. The van der Waals surface area contributed by atoms with E-state index in [1.807, 2.05) is 32.9 Å². The summed E-state index contributed by atoms with van der Waals surface area (Å²) in [7, 11) is -3.48. The topological polar surface area (TPSA) is 46.2 Å². The third-order valence-corrected chi connectivity index (χ3v) is 4.83. The van der Waals surface area contributed by atoms with Crippen LogP contribution in [0.2, 0.25) is 0 Å². The summed E-state index contributed by atoms with van der Waals surface area (Å²) < 4.78 is 27.3. The van der Waals surface area contributed by atoms with Crippen molar-refractivity contribution in [2.24, 2.45) is 0 Å². The number of nitrogens with one attached hydrogen (secondary N) is 1. The molecule has 0 bridgehead atoms. The van der Waals surface area contributed by atoms with Crippen LogP contribution in [0.1, 0.15) is 29.7 Å². The van der Waals surface area contributed by atoms with Gasteiger partial charge in [-0.3, -0.25) is 0 Å². The van der Waals surface area contributed by atoms with Gasteiger partial charge >= 0.3 is 0 Å². The van der Waals surface area contributed by atoms with Gasteiger partial charge in [-0.1, -0.05) is 42.0 Å². The smallest absolute Gasteiger partial charge is 0.207 e. The van der Waals surface area contributed by atoms with E-state index < -0.39 is 10.0 Å². The van der Waals surface area contributed by atoms with Gasteiger partial charge in [-0.15, -0.1) is 0 Å². The first kappa shape index (κ1) is 14.8. The molecule has 0 unspecified atom stereocenters. The molecule has 106 valence electrons. The lowest BCUT2D eigenvalue weighted by Crippen LogP contribution is -2.27. The van der Waals surface area contributed by atoms with Gasteiger partial charge in [0.2, 0.25) is 10.0 Å². The van der Waals surface area contributed by atoms with Crippen molar-refractivity contribution in [1.82, 2.24) is 4.72 Å². The van der Waals surface area contributed by atoms with E-state index >= 15 is 0 Å². The molecule has 0 fully saturated rings. The quantitative estimate of drug-likeness (QED) is 0.938. The highest BCUT2D eigenvalue weighted by Gasteiger charge is 2.18. The summed E-state index contributed by atoms with van der Waals surface area (Å²) in [4.78, 5) is 0.289. The van der Waals surface area contributed by atoms with Crippen molar-refractivity contribution in [3.63, 3.8) is 0 Å². The van der Waals surface area contributed by atoms with E-state index in [0.29, 0.717) is 0 Å². The minimum atomic E-state index is -3.48. The monoisotopic (exact) mass is 289 g/mol. The van der Waals surface area contributed by atoms with Crippen LogP contribution in [-0.4, -0.2) is 8.42 Å². The normalized spacial score (nSPS) is 13.2. The molecule has 2 aromatic carbocycles. The second-order valence-corrected chi connectivity index (χ2v) is 6.73. The first-order valence-electron chi connectivity index (χ1n) is 6.54. The summed E-state index contributed by atoms with van der Waals surface area (Å²) in [5, 5.41) is 0. The molecule has 0 radical (unpaired) electrons. The minimum absolute atomic E-state index is 0.263. The van der Waals surface area contributed by atoms with Crippen LogP contribution in [0.4, 0.5) is 0 Å². The Bertz CT molecular complexity index is 694. The number of aryl methyl sites for hydroxylation is 2. The first-order chi connectivity index (χ1) is 9.40. The second kappa shape index (κ2) is 5.77. The predicted molar refractivity (Wildman–Crippen MR) is 81.1 cm³/mol. The van der Waals surface area contributed by atoms with Crippen molar-refractivity contribution in [2.75, 3.05) is 0 Å². The number of hydrogen-bond donors (Lipinski definition) is 1. The highest BCUT2D eigenvalue weighted by Crippen LogP contribution is 2.21. The van der Waals surface area contributed by atoms with Crippen molar-refractivity contribution in [3.05, 3.63) is 65.2 Å². The fourth-order valence-electron chi connectivity index (χ4n) is 2.28. The van der Waals surface area contributed by atoms with Crippen LogP contribution in [0.15, 0.2) is 53.4 Å². The zero-order chi connectivity index (χ0) is 14.8. The number of hydrogen-bond acceptors (Lipinski definition) is 2. The Hall–Kier alpha value is -1.65. The van der Waals surface area contributed by atoms with Crippen LogP contribution >= 0.6 is 0 Å². The molecule has 0 spiro atoms. The summed E-state index contributed by atoms with van der Waals surface area (Å²) in [5.74, 6) is 0. The van der Waals surface area contributed by atoms with Crippen LogP contribution in [0.3, 0.4) is 0 Å². The summed E-state index contributed by atoms with van der Waals surface area (Å²) in [6, 6.07) is 14.2. The van der Waals surface area contributed by atoms with Crippen molar-refractivity contribution in [1.29, 1.82) is 0 Å². The molecule has 2 aromatic rings. The van der Waals surface area contributed by atoms with E-state index in [9.17, 15) is 8.42 Å². The second-order valence-electron chi connectivity index (χ2n) is 5.02. The maximum Gasteiger partial charge on any atom is 0.241 e. The van der Waals surface area contributed by atoms with Crippen molar-refractivity contribution in [3.8, 4) is 0 Å². The molecule has 0 aliphatic carbocycles. The summed E-state index contributed by atoms with van der Waals surface area (Å²) in [6.45, 7) is 5.88. The van der Waals surface area contributed by atoms with Crippen LogP contribution in [0.25, 0.3) is 0 Å². The van der Waals surface area contributed by atoms with Gasteiger partial charge < -0.3 is 0 Å². The third-order valence-electron chi connectivity index (χ3n) is 3.28. The lowest BCUT2D eigenvalue weighted by molar-refractivity contribution is 0.566. The Morgan fingerprint density at radius 1 is 1.00 bits per heavy atom. The van der Waals surface area contributed by atoms with Crippen LogP contribution < -0.4 is 4.72 Å². The van der Waals surface area contributed by atoms with E-state index in [4.69, 9.17) is 0 Å². The Balaban J connectivity index is 2.25. The van der Waals surface area contributed by atoms with E-state index in [2.05, 4.69) is 10.8 Å². The SMILES string of the molecule is Cc1ccc([C@@H](C)NS(=O)(=O)c2ccccc2)c(C)c1. The summed E-state index contributed by atoms with van der Waals surface area (Å²) in [5.41, 5.74) is 3.26. The molecule has 0 aliphatic heterocycles. The molecule has 0 amide bonds. The van der Waals surface area contributed by atoms with Crippen LogP contribution in [0.5, 0.6) is 0 Å². The minimum Gasteiger partial charge on any atom is -0.207 e. The summed E-state index contributed by atoms with van der Waals surface area (Å²) >= 11 is 0. The fourth-order valence-corrected chi connectivity index (χ4v) is 3.52. The largest absolute Gasteiger partial charge is 0.241 e. The molecule has 0 saturated carbocycles. The molecule has 0 heterocycles. The maximum absolute atomic E-state index is 12.3. The van der Waals surface area contributed by atoms with Gasteiger partial charge in [0.05, 0.1) is 4.90 Å². The fraction of sp³-hybridized carbons (Fsp3) is 0.250. The van der Waals surface area contributed by atoms with Gasteiger partial charge in [-0.05, 0) is 44.0 Å². The molecule has 1 atom stereocenters. The molecule has 20 heavy (non-hydrogen) atoms. The van der Waals surface area contributed by atoms with Crippen LogP contribution in [-0.2, 0) is 10.0 Å². The van der Waals surface area contributed by atoms with Crippen molar-refractivity contribution < 1.29 is 8.42 Å². The van der Waals surface area contributed by atoms with Gasteiger partial charge in [0, 0.05) is 6.04 Å². The molecule has 2 rings (SSSR count). The number of sulfonamides is 1. The Labute approximate surface area is 120 Å². The number of rotatable bonds is 4. The van der Waals surface area contributed by atoms with E-state index in [0.717, 1.165) is 11.1 Å². The van der Waals surface area contributed by atoms with Crippen molar-refractivity contribution >= 4 is 10.0 Å². The Kier molecular flexibility index (Phi) is 4.26. The molecule has 4 heteroatoms. The molecule has 3 nitrogen and oxygen atoms in total. The molecular weight excluding hydrogens is 270 g/mol. The van der Waals surface area contributed by atoms with Gasteiger partial charge in [0.1, 0.15) is 0 Å². The van der Waals surface area contributed by atoms with E-state index in [1.54, 1.807) is 30.3 Å². The lowest BCUT2D eigenvalue weighted by atomic mass is 10.0. The molecule has 1 N–H and O–H groups in total. The molecular formula is C16H19NO2S. The summed E-state index contributed by atoms with van der Waals surface area (Å²) in [6.07, 6.45) is 0. The lowest BCUT2D eigenvalue weighted by Gasteiger charge is -2.17. The van der Waals surface area contributed by atoms with Gasteiger partial charge in [-0.25, -0.2) is 13.1 Å². The number of benzene rings is 2. The zero-order valence-electron chi connectivity index (χ0n) is 11.9. The highest BCUT2D eigenvalue weighted by atomic mass is 32.2. The zero-order valence-corrected chi connectivity index (χ0v) is 12.7. The van der Waals surface area contributed by atoms with Gasteiger partial charge in [0.25, 0.3) is 0 Å². The molecule has 0 saturated heterocycles. The van der Waals surface area contributed by atoms with Gasteiger partial charge in [-0.2, -0.15) is 0 Å². The average Bonchev–Trinajstić information content (AvgIpc) is 2.39. The maximum atomic E-state index is 12.3. The van der Waals surface area contributed by atoms with E-state index in [1.165, 1.54) is 5.56 Å². The third kappa shape index (κ3) is 3.26. The predicted octanol–water partition coefficient (Wildman–Crippen LogP) is 3.34. The molecule has 0 aliphatic rings.